The van der Waals surface area contributed by atoms with Gasteiger partial charge in [-0.2, -0.15) is 0 Å². The molecule has 0 bridgehead atoms. The minimum absolute atomic E-state index is 0.0153. The Morgan fingerprint density at radius 2 is 2.13 bits per heavy atom. The number of halogens is 1. The summed E-state index contributed by atoms with van der Waals surface area (Å²) in [5, 5.41) is 0. The summed E-state index contributed by atoms with van der Waals surface area (Å²) >= 11 is 2.28. The van der Waals surface area contributed by atoms with Crippen molar-refractivity contribution in [3.63, 3.8) is 0 Å². The highest BCUT2D eigenvalue weighted by atomic mass is 127. The number of furan rings is 1. The van der Waals surface area contributed by atoms with E-state index in [9.17, 15) is 0 Å². The molecule has 2 aromatic rings. The molecule has 0 amide bonds. The van der Waals surface area contributed by atoms with E-state index in [-0.39, 0.29) is 6.04 Å². The molecule has 0 aliphatic carbocycles. The molecule has 0 saturated carbocycles. The van der Waals surface area contributed by atoms with Gasteiger partial charge in [0.2, 0.25) is 0 Å². The second-order valence-corrected chi connectivity index (χ2v) is 4.46. The Hall–Kier alpha value is -0.850. The number of hydrogen-bond acceptors (Lipinski definition) is 3. The van der Waals surface area contributed by atoms with E-state index in [0.717, 1.165) is 11.1 Å². The molecule has 1 aromatic heterocycles. The van der Waals surface area contributed by atoms with Crippen LogP contribution in [0.5, 0.6) is 0 Å². The summed E-state index contributed by atoms with van der Waals surface area (Å²) in [4.78, 5) is 0. The molecule has 2 rings (SSSR count). The Morgan fingerprint density at radius 1 is 1.27 bits per heavy atom. The first-order valence-corrected chi connectivity index (χ1v) is 5.63. The zero-order valence-corrected chi connectivity index (χ0v) is 10.1. The summed E-state index contributed by atoms with van der Waals surface area (Å²) < 4.78 is 6.24. The van der Waals surface area contributed by atoms with Crippen LogP contribution in [0.3, 0.4) is 0 Å². The molecular weight excluding hydrogens is 303 g/mol. The summed E-state index contributed by atoms with van der Waals surface area (Å²) in [6.07, 6.45) is 3.35. The van der Waals surface area contributed by atoms with E-state index in [1.165, 1.54) is 3.57 Å². The van der Waals surface area contributed by atoms with Crippen molar-refractivity contribution in [3.8, 4) is 0 Å². The standard InChI is InChI=1S/C11H11IN2O/c12-10-3-1-2-8(6-10)11(14-13)9-4-5-15-7-9/h1-7,11,14H,13H2. The molecule has 1 unspecified atom stereocenters. The van der Waals surface area contributed by atoms with Crippen molar-refractivity contribution in [2.24, 2.45) is 5.84 Å². The molecule has 0 saturated heterocycles. The van der Waals surface area contributed by atoms with Crippen molar-refractivity contribution >= 4 is 22.6 Å². The average Bonchev–Trinajstić information content (AvgIpc) is 2.72. The summed E-state index contributed by atoms with van der Waals surface area (Å²) in [5.41, 5.74) is 4.94. The van der Waals surface area contributed by atoms with Gasteiger partial charge in [0.05, 0.1) is 18.6 Å². The maximum absolute atomic E-state index is 5.55. The fourth-order valence-electron chi connectivity index (χ4n) is 1.51. The van der Waals surface area contributed by atoms with Crippen LogP contribution in [0.15, 0.2) is 47.3 Å². The molecule has 0 aliphatic rings. The first-order chi connectivity index (χ1) is 7.31. The highest BCUT2D eigenvalue weighted by Gasteiger charge is 2.13. The van der Waals surface area contributed by atoms with Gasteiger partial charge in [-0.1, -0.05) is 12.1 Å². The lowest BCUT2D eigenvalue weighted by Gasteiger charge is -2.14. The van der Waals surface area contributed by atoms with Crippen LogP contribution >= 0.6 is 22.6 Å². The fourth-order valence-corrected chi connectivity index (χ4v) is 2.08. The average molecular weight is 314 g/mol. The topological polar surface area (TPSA) is 51.2 Å². The van der Waals surface area contributed by atoms with Crippen LogP contribution in [0.1, 0.15) is 17.2 Å². The number of nitrogens with one attached hydrogen (secondary N) is 1. The lowest BCUT2D eigenvalue weighted by molar-refractivity contribution is 0.553. The van der Waals surface area contributed by atoms with Crippen LogP contribution in [-0.2, 0) is 0 Å². The Morgan fingerprint density at radius 3 is 2.73 bits per heavy atom. The first-order valence-electron chi connectivity index (χ1n) is 4.55. The van der Waals surface area contributed by atoms with Gasteiger partial charge in [-0.15, -0.1) is 0 Å². The number of hydrogen-bond donors (Lipinski definition) is 2. The summed E-state index contributed by atoms with van der Waals surface area (Å²) in [6.45, 7) is 0. The van der Waals surface area contributed by atoms with E-state index in [0.29, 0.717) is 0 Å². The molecule has 4 heteroatoms. The third-order valence-electron chi connectivity index (χ3n) is 2.23. The van der Waals surface area contributed by atoms with Gasteiger partial charge < -0.3 is 4.42 Å². The van der Waals surface area contributed by atoms with E-state index in [4.69, 9.17) is 10.3 Å². The second-order valence-electron chi connectivity index (χ2n) is 3.21. The van der Waals surface area contributed by atoms with Crippen LogP contribution in [0.4, 0.5) is 0 Å². The molecule has 3 nitrogen and oxygen atoms in total. The summed E-state index contributed by atoms with van der Waals surface area (Å²) in [7, 11) is 0. The van der Waals surface area contributed by atoms with Crippen LogP contribution < -0.4 is 11.3 Å². The predicted octanol–water partition coefficient (Wildman–Crippen LogP) is 2.44. The zero-order valence-electron chi connectivity index (χ0n) is 7.98. The van der Waals surface area contributed by atoms with Crippen LogP contribution in [0, 0.1) is 3.57 Å². The van der Waals surface area contributed by atoms with Gasteiger partial charge in [0.25, 0.3) is 0 Å². The molecule has 1 heterocycles. The fraction of sp³-hybridized carbons (Fsp3) is 0.0909. The lowest BCUT2D eigenvalue weighted by atomic mass is 10.0. The number of benzene rings is 1. The van der Waals surface area contributed by atoms with E-state index >= 15 is 0 Å². The lowest BCUT2D eigenvalue weighted by Crippen LogP contribution is -2.28. The quantitative estimate of drug-likeness (QED) is 0.520. The van der Waals surface area contributed by atoms with Gasteiger partial charge in [0, 0.05) is 9.13 Å². The van der Waals surface area contributed by atoms with Gasteiger partial charge in [-0.3, -0.25) is 5.84 Å². The van der Waals surface area contributed by atoms with E-state index in [1.807, 2.05) is 24.3 Å². The van der Waals surface area contributed by atoms with Gasteiger partial charge in [-0.25, -0.2) is 5.43 Å². The molecule has 3 N–H and O–H groups in total. The van der Waals surface area contributed by atoms with Crippen molar-refractivity contribution in [1.82, 2.24) is 5.43 Å². The van der Waals surface area contributed by atoms with Crippen molar-refractivity contribution in [2.45, 2.75) is 6.04 Å². The van der Waals surface area contributed by atoms with Crippen molar-refractivity contribution < 1.29 is 4.42 Å². The summed E-state index contributed by atoms with van der Waals surface area (Å²) in [5.74, 6) is 5.55. The summed E-state index contributed by atoms with van der Waals surface area (Å²) in [6, 6.07) is 10.1. The Labute approximate surface area is 102 Å². The van der Waals surface area contributed by atoms with Gasteiger partial charge in [0.1, 0.15) is 0 Å². The van der Waals surface area contributed by atoms with Crippen molar-refractivity contribution in [2.75, 3.05) is 0 Å². The van der Waals surface area contributed by atoms with Gasteiger partial charge >= 0.3 is 0 Å². The molecule has 1 aromatic carbocycles. The minimum Gasteiger partial charge on any atom is -0.472 e. The zero-order chi connectivity index (χ0) is 10.7. The molecule has 15 heavy (non-hydrogen) atoms. The maximum Gasteiger partial charge on any atom is 0.0954 e. The monoisotopic (exact) mass is 314 g/mol. The smallest absolute Gasteiger partial charge is 0.0954 e. The third kappa shape index (κ3) is 2.39. The number of nitrogens with two attached hydrogens (primary N) is 1. The van der Waals surface area contributed by atoms with Gasteiger partial charge in [0.15, 0.2) is 0 Å². The molecule has 0 fully saturated rings. The highest BCUT2D eigenvalue weighted by Crippen LogP contribution is 2.22. The van der Waals surface area contributed by atoms with E-state index in [1.54, 1.807) is 12.5 Å². The second kappa shape index (κ2) is 4.78. The van der Waals surface area contributed by atoms with Gasteiger partial charge in [-0.05, 0) is 46.4 Å². The molecule has 0 radical (unpaired) electrons. The van der Waals surface area contributed by atoms with E-state index < -0.39 is 0 Å². The van der Waals surface area contributed by atoms with E-state index in [2.05, 4.69) is 34.1 Å². The molecule has 0 aliphatic heterocycles. The maximum atomic E-state index is 5.55. The molecule has 78 valence electrons. The Kier molecular flexibility index (Phi) is 3.40. The third-order valence-corrected chi connectivity index (χ3v) is 2.90. The molecule has 0 spiro atoms. The minimum atomic E-state index is -0.0153. The first kappa shape index (κ1) is 10.7. The van der Waals surface area contributed by atoms with Crippen LogP contribution in [0.2, 0.25) is 0 Å². The molecular formula is C11H11IN2O. The van der Waals surface area contributed by atoms with Crippen molar-refractivity contribution in [1.29, 1.82) is 0 Å². The normalized spacial score (nSPS) is 12.7. The van der Waals surface area contributed by atoms with Crippen LogP contribution in [0.25, 0.3) is 0 Å². The number of hydrazine groups is 1. The number of rotatable bonds is 3. The largest absolute Gasteiger partial charge is 0.472 e. The Balaban J connectivity index is 2.35. The van der Waals surface area contributed by atoms with Crippen molar-refractivity contribution in [3.05, 3.63) is 57.6 Å². The predicted molar refractivity (Wildman–Crippen MR) is 67.0 cm³/mol. The SMILES string of the molecule is NNC(c1ccoc1)c1cccc(I)c1. The van der Waals surface area contributed by atoms with Crippen LogP contribution in [-0.4, -0.2) is 0 Å². The Bertz CT molecular complexity index is 428. The molecule has 1 atom stereocenters. The highest BCUT2D eigenvalue weighted by molar-refractivity contribution is 14.1.